The Kier molecular flexibility index (Phi) is 2.42. The first kappa shape index (κ1) is 9.29. The average Bonchev–Trinajstić information content (AvgIpc) is 1.73. The summed E-state index contributed by atoms with van der Waals surface area (Å²) in [5, 5.41) is 0. The summed E-state index contributed by atoms with van der Waals surface area (Å²) in [6.07, 6.45) is 0. The molecule has 10 heavy (non-hydrogen) atoms. The highest BCUT2D eigenvalue weighted by Gasteiger charge is 2.46. The molecule has 1 rings (SSSR count). The number of hydrogen-bond acceptors (Lipinski definition) is 2. The molecule has 1 aliphatic heterocycles. The minimum absolute atomic E-state index is 0.00251. The largest absolute Gasteiger partial charge is 0.229 e. The van der Waals surface area contributed by atoms with E-state index in [0.717, 1.165) is 0 Å². The molecular weight excluding hydrogens is 307 g/mol. The molecule has 2 atom stereocenters. The third-order valence-corrected chi connectivity index (χ3v) is 7.18. The summed E-state index contributed by atoms with van der Waals surface area (Å²) in [6, 6.07) is 0. The van der Waals surface area contributed by atoms with Gasteiger partial charge >= 0.3 is 0 Å². The fourth-order valence-electron chi connectivity index (χ4n) is 0.787. The topological polar surface area (TPSA) is 34.1 Å². The predicted octanol–water partition coefficient (Wildman–Crippen LogP) is 1.51. The second-order valence-corrected chi connectivity index (χ2v) is 8.04. The average molecular weight is 312 g/mol. The van der Waals surface area contributed by atoms with Gasteiger partial charge in [0, 0.05) is 0 Å². The van der Waals surface area contributed by atoms with Crippen LogP contribution in [0.2, 0.25) is 0 Å². The molecule has 1 fully saturated rings. The van der Waals surface area contributed by atoms with E-state index in [9.17, 15) is 8.42 Å². The molecule has 0 aromatic heterocycles. The third kappa shape index (κ3) is 1.87. The Morgan fingerprint density at radius 1 is 1.60 bits per heavy atom. The lowest BCUT2D eigenvalue weighted by Gasteiger charge is -2.12. The van der Waals surface area contributed by atoms with Gasteiger partial charge in [0.05, 0.1) is 16.3 Å². The van der Waals surface area contributed by atoms with Crippen LogP contribution in [0.1, 0.15) is 0 Å². The van der Waals surface area contributed by atoms with E-state index < -0.39 is 13.6 Å². The van der Waals surface area contributed by atoms with Crippen molar-refractivity contribution < 1.29 is 8.42 Å². The Bertz CT molecular complexity index is 236. The first-order valence-electron chi connectivity index (χ1n) is 2.56. The highest BCUT2D eigenvalue weighted by Crippen LogP contribution is 2.40. The second-order valence-electron chi connectivity index (χ2n) is 2.28. The molecule has 0 N–H and O–H groups in total. The van der Waals surface area contributed by atoms with Gasteiger partial charge in [-0.25, -0.2) is 8.42 Å². The second kappa shape index (κ2) is 2.61. The molecule has 60 valence electrons. The van der Waals surface area contributed by atoms with Crippen LogP contribution in [0.4, 0.5) is 0 Å². The van der Waals surface area contributed by atoms with E-state index in [1.165, 1.54) is 0 Å². The number of rotatable bonds is 0. The number of alkyl halides is 3. The molecule has 1 saturated heterocycles. The number of sulfone groups is 1. The molecule has 0 amide bonds. The van der Waals surface area contributed by atoms with Gasteiger partial charge in [-0.15, -0.1) is 11.6 Å². The SMILES string of the molecule is O=S1(=O)C[C@@H](Br)[C@](Cl)(Br)C1. The van der Waals surface area contributed by atoms with Crippen LogP contribution in [0.3, 0.4) is 0 Å². The van der Waals surface area contributed by atoms with Crippen molar-refractivity contribution in [1.82, 2.24) is 0 Å². The zero-order valence-corrected chi connectivity index (χ0v) is 9.59. The lowest BCUT2D eigenvalue weighted by Crippen LogP contribution is -2.22. The maximum absolute atomic E-state index is 10.9. The zero-order chi connectivity index (χ0) is 7.99. The van der Waals surface area contributed by atoms with E-state index in [-0.39, 0.29) is 16.3 Å². The van der Waals surface area contributed by atoms with Crippen molar-refractivity contribution in [2.45, 2.75) is 8.61 Å². The molecule has 1 aliphatic rings. The van der Waals surface area contributed by atoms with Crippen LogP contribution < -0.4 is 0 Å². The monoisotopic (exact) mass is 310 g/mol. The van der Waals surface area contributed by atoms with Gasteiger partial charge in [0.15, 0.2) is 9.84 Å². The van der Waals surface area contributed by atoms with Gasteiger partial charge in [0.1, 0.15) is 3.78 Å². The van der Waals surface area contributed by atoms with E-state index in [2.05, 4.69) is 31.9 Å². The van der Waals surface area contributed by atoms with Crippen LogP contribution in [0, 0.1) is 0 Å². The van der Waals surface area contributed by atoms with Crippen molar-refractivity contribution >= 4 is 53.3 Å². The molecule has 6 heteroatoms. The first-order chi connectivity index (χ1) is 4.33. The number of hydrogen-bond donors (Lipinski definition) is 0. The van der Waals surface area contributed by atoms with Gasteiger partial charge in [-0.2, -0.15) is 0 Å². The molecule has 0 spiro atoms. The first-order valence-corrected chi connectivity index (χ1v) is 6.47. The Balaban J connectivity index is 2.92. The van der Waals surface area contributed by atoms with E-state index in [0.29, 0.717) is 0 Å². The van der Waals surface area contributed by atoms with E-state index in [1.54, 1.807) is 0 Å². The molecule has 0 unspecified atom stereocenters. The Labute approximate surface area is 81.5 Å². The number of halogens is 3. The van der Waals surface area contributed by atoms with E-state index in [4.69, 9.17) is 11.6 Å². The summed E-state index contributed by atoms with van der Waals surface area (Å²) in [5.74, 6) is 0.110. The highest BCUT2D eigenvalue weighted by molar-refractivity contribution is 9.13. The molecule has 0 saturated carbocycles. The van der Waals surface area contributed by atoms with Gasteiger partial charge in [-0.1, -0.05) is 31.9 Å². The van der Waals surface area contributed by atoms with Crippen molar-refractivity contribution in [3.8, 4) is 0 Å². The molecule has 0 radical (unpaired) electrons. The van der Waals surface area contributed by atoms with Crippen LogP contribution in [-0.2, 0) is 9.84 Å². The molecule has 0 aromatic rings. The van der Waals surface area contributed by atoms with Crippen molar-refractivity contribution in [2.75, 3.05) is 11.5 Å². The van der Waals surface area contributed by atoms with E-state index in [1.807, 2.05) is 0 Å². The van der Waals surface area contributed by atoms with Gasteiger partial charge in [-0.05, 0) is 0 Å². The zero-order valence-electron chi connectivity index (χ0n) is 4.85. The van der Waals surface area contributed by atoms with Gasteiger partial charge in [0.2, 0.25) is 0 Å². The van der Waals surface area contributed by atoms with Gasteiger partial charge in [0.25, 0.3) is 0 Å². The van der Waals surface area contributed by atoms with E-state index >= 15 is 0 Å². The van der Waals surface area contributed by atoms with Gasteiger partial charge in [-0.3, -0.25) is 0 Å². The quantitative estimate of drug-likeness (QED) is 0.636. The summed E-state index contributed by atoms with van der Waals surface area (Å²) in [7, 11) is -2.93. The minimum Gasteiger partial charge on any atom is -0.229 e. The van der Waals surface area contributed by atoms with Crippen LogP contribution in [0.15, 0.2) is 0 Å². The highest BCUT2D eigenvalue weighted by atomic mass is 79.9. The summed E-state index contributed by atoms with van der Waals surface area (Å²) < 4.78 is 21.0. The smallest absolute Gasteiger partial charge is 0.154 e. The summed E-state index contributed by atoms with van der Waals surface area (Å²) in [4.78, 5) is -0.188. The maximum Gasteiger partial charge on any atom is 0.154 e. The standard InChI is InChI=1S/C4H5Br2ClO2S/c5-3-1-10(8,9)2-4(3,6)7/h3H,1-2H2/t3-,4+/m1/s1. The lowest BCUT2D eigenvalue weighted by atomic mass is 10.4. The molecular formula is C4H5Br2ClO2S. The van der Waals surface area contributed by atoms with Crippen LogP contribution in [0.25, 0.3) is 0 Å². The summed E-state index contributed by atoms with van der Waals surface area (Å²) in [6.45, 7) is 0. The Morgan fingerprint density at radius 2 is 2.10 bits per heavy atom. The predicted molar refractivity (Wildman–Crippen MR) is 48.9 cm³/mol. The molecule has 0 bridgehead atoms. The maximum atomic E-state index is 10.9. The van der Waals surface area contributed by atoms with Crippen LogP contribution >= 0.6 is 43.5 Å². The van der Waals surface area contributed by atoms with Crippen LogP contribution in [-0.4, -0.2) is 28.5 Å². The van der Waals surface area contributed by atoms with Crippen molar-refractivity contribution in [3.05, 3.63) is 0 Å². The summed E-state index contributed by atoms with van der Waals surface area (Å²) in [5.41, 5.74) is 0. The van der Waals surface area contributed by atoms with Crippen LogP contribution in [0.5, 0.6) is 0 Å². The fraction of sp³-hybridized carbons (Fsp3) is 1.00. The molecule has 2 nitrogen and oxygen atoms in total. The van der Waals surface area contributed by atoms with Gasteiger partial charge < -0.3 is 0 Å². The minimum atomic E-state index is -2.93. The molecule has 0 aliphatic carbocycles. The normalized spacial score (nSPS) is 45.7. The Hall–Kier alpha value is 1.20. The fourth-order valence-corrected chi connectivity index (χ4v) is 6.10. The lowest BCUT2D eigenvalue weighted by molar-refractivity contribution is 0.602. The van der Waals surface area contributed by atoms with Crippen molar-refractivity contribution in [3.63, 3.8) is 0 Å². The van der Waals surface area contributed by atoms with Crippen molar-refractivity contribution in [2.24, 2.45) is 0 Å². The Morgan fingerprint density at radius 3 is 2.20 bits per heavy atom. The molecule has 0 aromatic carbocycles. The summed E-state index contributed by atoms with van der Waals surface area (Å²) >= 11 is 12.1. The third-order valence-electron chi connectivity index (χ3n) is 1.27. The van der Waals surface area contributed by atoms with Crippen molar-refractivity contribution in [1.29, 1.82) is 0 Å². The molecule has 1 heterocycles.